The smallest absolute Gasteiger partial charge is 0.235 e. The molecule has 0 N–H and O–H groups in total. The molecule has 0 unspecified atom stereocenters. The number of hydrogen-bond donors (Lipinski definition) is 0. The molecule has 0 fully saturated rings. The van der Waals surface area contributed by atoms with Crippen LogP contribution in [-0.2, 0) is 13.1 Å². The van der Waals surface area contributed by atoms with Gasteiger partial charge in [-0.05, 0) is 35.7 Å². The van der Waals surface area contributed by atoms with Crippen molar-refractivity contribution in [2.75, 3.05) is 13.8 Å². The lowest BCUT2D eigenvalue weighted by molar-refractivity contribution is 0.0899. The van der Waals surface area contributed by atoms with Crippen LogP contribution in [-0.4, -0.2) is 18.7 Å². The minimum atomic E-state index is -0.236. The predicted molar refractivity (Wildman–Crippen MR) is 115 cm³/mol. The van der Waals surface area contributed by atoms with Crippen molar-refractivity contribution in [3.05, 3.63) is 80.8 Å². The van der Waals surface area contributed by atoms with Gasteiger partial charge in [0, 0.05) is 18.0 Å². The quantitative estimate of drug-likeness (QED) is 0.452. The summed E-state index contributed by atoms with van der Waals surface area (Å²) < 4.78 is 22.9. The zero-order valence-corrected chi connectivity index (χ0v) is 17.1. The molecule has 7 heteroatoms. The predicted octanol–water partition coefficient (Wildman–Crippen LogP) is 5.01. The van der Waals surface area contributed by atoms with Crippen molar-refractivity contribution in [2.24, 2.45) is 0 Å². The Balaban J connectivity index is 1.49. The van der Waals surface area contributed by atoms with Gasteiger partial charge in [0.05, 0.1) is 18.1 Å². The fourth-order valence-electron chi connectivity index (χ4n) is 3.55. The van der Waals surface area contributed by atoms with Crippen LogP contribution < -0.4 is 19.6 Å². The third-order valence-electron chi connectivity index (χ3n) is 5.00. The van der Waals surface area contributed by atoms with E-state index in [2.05, 4.69) is 16.3 Å². The van der Waals surface area contributed by atoms with Crippen LogP contribution in [0, 0.1) is 0 Å². The third-order valence-corrected chi connectivity index (χ3v) is 5.86. The Hall–Kier alpha value is -3.29. The van der Waals surface area contributed by atoms with Crippen LogP contribution in [0.15, 0.2) is 69.4 Å². The van der Waals surface area contributed by atoms with Gasteiger partial charge in [0.15, 0.2) is 11.5 Å². The molecule has 30 heavy (non-hydrogen) atoms. The summed E-state index contributed by atoms with van der Waals surface area (Å²) in [7, 11) is 1.55. The number of hydrogen-bond acceptors (Lipinski definition) is 7. The Kier molecular flexibility index (Phi) is 4.90. The molecule has 0 spiro atoms. The summed E-state index contributed by atoms with van der Waals surface area (Å²) in [5.41, 5.74) is 1.16. The minimum Gasteiger partial charge on any atom is -0.493 e. The highest BCUT2D eigenvalue weighted by Crippen LogP contribution is 2.34. The number of para-hydroxylation sites is 2. The molecule has 0 radical (unpaired) electrons. The average Bonchev–Trinajstić information content (AvgIpc) is 3.29. The van der Waals surface area contributed by atoms with Gasteiger partial charge >= 0.3 is 0 Å². The van der Waals surface area contributed by atoms with Gasteiger partial charge in [-0.25, -0.2) is 0 Å². The average molecular weight is 421 g/mol. The number of rotatable bonds is 5. The molecule has 1 aliphatic rings. The van der Waals surface area contributed by atoms with Crippen molar-refractivity contribution < 1.29 is 18.6 Å². The van der Waals surface area contributed by atoms with E-state index in [1.54, 1.807) is 36.6 Å². The maximum atomic E-state index is 13.1. The van der Waals surface area contributed by atoms with E-state index in [-0.39, 0.29) is 11.2 Å². The van der Waals surface area contributed by atoms with Crippen molar-refractivity contribution in [3.8, 4) is 23.0 Å². The maximum absolute atomic E-state index is 13.1. The lowest BCUT2D eigenvalue weighted by Gasteiger charge is -2.28. The number of fused-ring (bicyclic) bond motifs is 3. The van der Waals surface area contributed by atoms with Gasteiger partial charge in [-0.2, -0.15) is 0 Å². The molecule has 2 aromatic heterocycles. The molecule has 3 heterocycles. The summed E-state index contributed by atoms with van der Waals surface area (Å²) in [6, 6.07) is 14.9. The van der Waals surface area contributed by atoms with Gasteiger partial charge in [0.25, 0.3) is 0 Å². The molecule has 5 rings (SSSR count). The summed E-state index contributed by atoms with van der Waals surface area (Å²) in [6.07, 6.45) is 1.36. The van der Waals surface area contributed by atoms with Crippen LogP contribution in [0.5, 0.6) is 23.0 Å². The topological polar surface area (TPSA) is 61.1 Å². The molecule has 0 saturated heterocycles. The van der Waals surface area contributed by atoms with E-state index in [9.17, 15) is 4.79 Å². The first kappa shape index (κ1) is 18.7. The lowest BCUT2D eigenvalue weighted by atomic mass is 10.1. The number of thiophene rings is 1. The Morgan fingerprint density at radius 2 is 1.93 bits per heavy atom. The lowest BCUT2D eigenvalue weighted by Crippen LogP contribution is -2.31. The van der Waals surface area contributed by atoms with Crippen molar-refractivity contribution in [2.45, 2.75) is 13.1 Å². The number of nitrogens with zero attached hydrogens (tertiary/aromatic N) is 1. The molecule has 2 aromatic carbocycles. The molecule has 0 aliphatic carbocycles. The Bertz CT molecular complexity index is 1250. The van der Waals surface area contributed by atoms with Gasteiger partial charge in [-0.15, -0.1) is 11.3 Å². The number of methoxy groups -OCH3 is 1. The Labute approximate surface area is 176 Å². The first-order valence-electron chi connectivity index (χ1n) is 9.49. The third kappa shape index (κ3) is 3.42. The van der Waals surface area contributed by atoms with Gasteiger partial charge in [-0.1, -0.05) is 18.2 Å². The van der Waals surface area contributed by atoms with Crippen LogP contribution in [0.4, 0.5) is 0 Å². The Morgan fingerprint density at radius 1 is 1.07 bits per heavy atom. The summed E-state index contributed by atoms with van der Waals surface area (Å²) in [6.45, 7) is 1.92. The highest BCUT2D eigenvalue weighted by atomic mass is 32.1. The second kappa shape index (κ2) is 7.85. The fraction of sp³-hybridized carbons (Fsp3) is 0.174. The van der Waals surface area contributed by atoms with E-state index in [0.29, 0.717) is 35.7 Å². The molecule has 4 aromatic rings. The van der Waals surface area contributed by atoms with E-state index in [0.717, 1.165) is 17.9 Å². The molecule has 0 amide bonds. The highest BCUT2D eigenvalue weighted by molar-refractivity contribution is 7.09. The van der Waals surface area contributed by atoms with Gasteiger partial charge < -0.3 is 18.6 Å². The Morgan fingerprint density at radius 3 is 2.73 bits per heavy atom. The van der Waals surface area contributed by atoms with Gasteiger partial charge in [-0.3, -0.25) is 9.69 Å². The first-order valence-corrected chi connectivity index (χ1v) is 10.4. The first-order chi connectivity index (χ1) is 14.7. The molecule has 1 aliphatic heterocycles. The zero-order valence-electron chi connectivity index (χ0n) is 16.3. The van der Waals surface area contributed by atoms with Crippen LogP contribution in [0.25, 0.3) is 11.0 Å². The largest absolute Gasteiger partial charge is 0.493 e. The van der Waals surface area contributed by atoms with E-state index in [1.807, 2.05) is 24.3 Å². The summed E-state index contributed by atoms with van der Waals surface area (Å²) in [5.74, 6) is 1.85. The van der Waals surface area contributed by atoms with Crippen LogP contribution in [0.2, 0.25) is 0 Å². The molecular weight excluding hydrogens is 402 g/mol. The van der Waals surface area contributed by atoms with Gasteiger partial charge in [0.2, 0.25) is 11.2 Å². The number of benzene rings is 2. The zero-order chi connectivity index (χ0) is 20.5. The van der Waals surface area contributed by atoms with Crippen LogP contribution in [0.3, 0.4) is 0 Å². The number of ether oxygens (including phenoxy) is 3. The summed E-state index contributed by atoms with van der Waals surface area (Å²) in [5, 5.41) is 2.52. The second-order valence-corrected chi connectivity index (χ2v) is 7.97. The SMILES string of the molecule is COc1ccccc1Oc1coc2c3c(ccc2c1=O)OCN(Cc1cccs1)C3. The van der Waals surface area contributed by atoms with E-state index < -0.39 is 0 Å². The van der Waals surface area contributed by atoms with Crippen molar-refractivity contribution in [1.82, 2.24) is 4.90 Å². The summed E-state index contributed by atoms with van der Waals surface area (Å²) >= 11 is 1.71. The highest BCUT2D eigenvalue weighted by Gasteiger charge is 2.23. The molecule has 0 bridgehead atoms. The van der Waals surface area contributed by atoms with E-state index in [4.69, 9.17) is 18.6 Å². The minimum absolute atomic E-state index is 0.110. The normalized spacial score (nSPS) is 13.6. The molecule has 0 atom stereocenters. The second-order valence-electron chi connectivity index (χ2n) is 6.94. The molecule has 6 nitrogen and oxygen atoms in total. The summed E-state index contributed by atoms with van der Waals surface area (Å²) in [4.78, 5) is 16.5. The van der Waals surface area contributed by atoms with Crippen LogP contribution >= 0.6 is 11.3 Å². The molecular formula is C23H19NO5S. The van der Waals surface area contributed by atoms with Crippen molar-refractivity contribution in [3.63, 3.8) is 0 Å². The monoisotopic (exact) mass is 421 g/mol. The molecule has 152 valence electrons. The van der Waals surface area contributed by atoms with Crippen molar-refractivity contribution >= 4 is 22.3 Å². The van der Waals surface area contributed by atoms with Crippen molar-refractivity contribution in [1.29, 1.82) is 0 Å². The van der Waals surface area contributed by atoms with Gasteiger partial charge in [0.1, 0.15) is 24.3 Å². The molecule has 0 saturated carbocycles. The standard InChI is InChI=1S/C23H19NO5S/c1-26-19-6-2-3-7-20(19)29-21-13-27-23-16(22(21)25)8-9-18-17(23)12-24(14-28-18)11-15-5-4-10-30-15/h2-10,13H,11-12,14H2,1H3. The van der Waals surface area contributed by atoms with E-state index >= 15 is 0 Å². The maximum Gasteiger partial charge on any atom is 0.235 e. The van der Waals surface area contributed by atoms with E-state index in [1.165, 1.54) is 11.1 Å². The van der Waals surface area contributed by atoms with Crippen LogP contribution in [0.1, 0.15) is 10.4 Å². The fourth-order valence-corrected chi connectivity index (χ4v) is 4.30.